The van der Waals surface area contributed by atoms with Crippen molar-refractivity contribution in [2.75, 3.05) is 0 Å². The average molecular weight is 348 g/mol. The van der Waals surface area contributed by atoms with Gasteiger partial charge in [0.2, 0.25) is 0 Å². The van der Waals surface area contributed by atoms with Gasteiger partial charge in [0.05, 0.1) is 33.0 Å². The number of rotatable bonds is 3. The maximum Gasteiger partial charge on any atom is 0.317 e. The van der Waals surface area contributed by atoms with E-state index >= 15 is 0 Å². The summed E-state index contributed by atoms with van der Waals surface area (Å²) in [4.78, 5) is 28.1. The summed E-state index contributed by atoms with van der Waals surface area (Å²) >= 11 is 0. The Hall–Kier alpha value is -2.05. The van der Waals surface area contributed by atoms with E-state index in [4.69, 9.17) is 8.42 Å². The van der Waals surface area contributed by atoms with Crippen LogP contribution in [-0.4, -0.2) is 23.2 Å². The van der Waals surface area contributed by atoms with Crippen molar-refractivity contribution < 1.29 is 23.2 Å². The molecule has 0 bridgehead atoms. The van der Waals surface area contributed by atoms with Gasteiger partial charge in [-0.25, -0.2) is 0 Å². The van der Waals surface area contributed by atoms with Gasteiger partial charge in [0.25, 0.3) is 17.1 Å². The Kier molecular flexibility index (Phi) is 6.22. The fourth-order valence-electron chi connectivity index (χ4n) is 0.896. The second kappa shape index (κ2) is 6.93. The standard InChI is InChI=1S/C6H3N3O6.Cl2O2S/c10-7(11)4-1-5(8(12)13)3-6(2-4)9(14)15;1-5(2,3)4/h1-3H;. The molecule has 0 amide bonds. The fraction of sp³-hybridized carbons (Fsp3) is 0. The summed E-state index contributed by atoms with van der Waals surface area (Å²) in [6.07, 6.45) is 0. The van der Waals surface area contributed by atoms with E-state index < -0.39 is 40.1 Å². The summed E-state index contributed by atoms with van der Waals surface area (Å²) < 4.78 is 18.3. The summed E-state index contributed by atoms with van der Waals surface area (Å²) in [6, 6.07) is 1.98. The smallest absolute Gasteiger partial charge is 0.258 e. The summed E-state index contributed by atoms with van der Waals surface area (Å²) in [6.45, 7) is 0. The molecule has 1 aromatic carbocycles. The molecule has 14 heteroatoms. The molecular formula is C6H3Cl2N3O8S. The van der Waals surface area contributed by atoms with Crippen molar-refractivity contribution in [3.8, 4) is 0 Å². The van der Waals surface area contributed by atoms with Crippen LogP contribution in [0.5, 0.6) is 0 Å². The predicted molar refractivity (Wildman–Crippen MR) is 67.0 cm³/mol. The highest BCUT2D eigenvalue weighted by Gasteiger charge is 2.21. The molecule has 1 rings (SSSR count). The normalized spacial score (nSPS) is 10.1. The maximum atomic E-state index is 10.3. The van der Waals surface area contributed by atoms with Gasteiger partial charge in [-0.3, -0.25) is 30.3 Å². The highest BCUT2D eigenvalue weighted by atomic mass is 36.0. The monoisotopic (exact) mass is 347 g/mol. The molecule has 0 spiro atoms. The minimum absolute atomic E-state index is 0.660. The second-order valence-corrected chi connectivity index (χ2v) is 6.53. The van der Waals surface area contributed by atoms with Crippen LogP contribution in [0.4, 0.5) is 17.1 Å². The molecule has 11 nitrogen and oxygen atoms in total. The lowest BCUT2D eigenvalue weighted by Gasteiger charge is -1.93. The van der Waals surface area contributed by atoms with Crippen LogP contribution >= 0.6 is 21.4 Å². The zero-order chi connectivity index (χ0) is 16.1. The molecule has 20 heavy (non-hydrogen) atoms. The van der Waals surface area contributed by atoms with Gasteiger partial charge in [0, 0.05) is 21.4 Å². The molecule has 0 atom stereocenters. The SMILES string of the molecule is O=S(=O)(Cl)Cl.O=[N+]([O-])c1cc([N+](=O)[O-])cc([N+](=O)[O-])c1. The van der Waals surface area contributed by atoms with Crippen molar-refractivity contribution in [2.45, 2.75) is 0 Å². The first-order valence-corrected chi connectivity index (χ1v) is 7.28. The van der Waals surface area contributed by atoms with E-state index in [0.717, 1.165) is 0 Å². The molecule has 0 heterocycles. The van der Waals surface area contributed by atoms with E-state index in [9.17, 15) is 30.3 Å². The Bertz CT molecular complexity index is 573. The van der Waals surface area contributed by atoms with Gasteiger partial charge in [-0.15, -0.1) is 0 Å². The largest absolute Gasteiger partial charge is 0.317 e. The molecular weight excluding hydrogens is 345 g/mol. The number of hydrogen-bond acceptors (Lipinski definition) is 8. The molecule has 1 aromatic rings. The molecule has 0 N–H and O–H groups in total. The van der Waals surface area contributed by atoms with Gasteiger partial charge in [0.1, 0.15) is 0 Å². The van der Waals surface area contributed by atoms with Crippen molar-refractivity contribution in [1.82, 2.24) is 0 Å². The van der Waals surface area contributed by atoms with E-state index in [-0.39, 0.29) is 0 Å². The van der Waals surface area contributed by atoms with Crippen LogP contribution in [0.2, 0.25) is 0 Å². The zero-order valence-electron chi connectivity index (χ0n) is 9.00. The minimum atomic E-state index is -3.72. The molecule has 0 saturated heterocycles. The van der Waals surface area contributed by atoms with Crippen molar-refractivity contribution in [3.05, 3.63) is 48.5 Å². The highest BCUT2D eigenvalue weighted by Crippen LogP contribution is 2.26. The van der Waals surface area contributed by atoms with Crippen molar-refractivity contribution in [2.24, 2.45) is 0 Å². The zero-order valence-corrected chi connectivity index (χ0v) is 11.3. The van der Waals surface area contributed by atoms with Gasteiger partial charge in [0.15, 0.2) is 0 Å². The van der Waals surface area contributed by atoms with Gasteiger partial charge < -0.3 is 0 Å². The van der Waals surface area contributed by atoms with E-state index in [2.05, 4.69) is 21.4 Å². The van der Waals surface area contributed by atoms with Gasteiger partial charge in [-0.2, -0.15) is 8.42 Å². The number of benzene rings is 1. The molecule has 0 radical (unpaired) electrons. The van der Waals surface area contributed by atoms with Crippen molar-refractivity contribution >= 4 is 46.7 Å². The molecule has 0 saturated carbocycles. The fourth-order valence-corrected chi connectivity index (χ4v) is 0.896. The lowest BCUT2D eigenvalue weighted by molar-refractivity contribution is -0.403. The van der Waals surface area contributed by atoms with E-state index in [1.165, 1.54) is 0 Å². The topological polar surface area (TPSA) is 164 Å². The first kappa shape index (κ1) is 17.9. The summed E-state index contributed by atoms with van der Waals surface area (Å²) in [5, 5.41) is 30.9. The molecule has 0 fully saturated rings. The molecule has 0 unspecified atom stereocenters. The lowest BCUT2D eigenvalue weighted by Crippen LogP contribution is -1.96. The highest BCUT2D eigenvalue weighted by molar-refractivity contribution is 8.31. The predicted octanol–water partition coefficient (Wildman–Crippen LogP) is 2.12. The van der Waals surface area contributed by atoms with Crippen molar-refractivity contribution in [3.63, 3.8) is 0 Å². The number of nitrogens with zero attached hydrogens (tertiary/aromatic N) is 3. The molecule has 0 aromatic heterocycles. The van der Waals surface area contributed by atoms with Gasteiger partial charge in [-0.1, -0.05) is 0 Å². The van der Waals surface area contributed by atoms with Crippen LogP contribution in [0.3, 0.4) is 0 Å². The molecule has 0 aliphatic rings. The first-order chi connectivity index (χ1) is 8.91. The quantitative estimate of drug-likeness (QED) is 0.455. The van der Waals surface area contributed by atoms with Crippen LogP contribution in [0.25, 0.3) is 0 Å². The second-order valence-electron chi connectivity index (χ2n) is 2.86. The number of non-ortho nitro benzene ring substituents is 3. The lowest BCUT2D eigenvalue weighted by atomic mass is 10.2. The number of nitro benzene ring substituents is 3. The summed E-state index contributed by atoms with van der Waals surface area (Å²) in [5.74, 6) is 0. The number of nitro groups is 3. The number of halogens is 2. The first-order valence-electron chi connectivity index (χ1n) is 4.14. The Labute approximate surface area is 119 Å². The van der Waals surface area contributed by atoms with E-state index in [0.29, 0.717) is 18.2 Å². The van der Waals surface area contributed by atoms with Crippen LogP contribution in [0.1, 0.15) is 0 Å². The Morgan fingerprint density at radius 1 is 0.750 bits per heavy atom. The summed E-state index contributed by atoms with van der Waals surface area (Å²) in [5.41, 5.74) is -2.05. The molecule has 110 valence electrons. The third kappa shape index (κ3) is 7.40. The van der Waals surface area contributed by atoms with Gasteiger partial charge in [-0.05, 0) is 0 Å². The maximum absolute atomic E-state index is 10.3. The van der Waals surface area contributed by atoms with Gasteiger partial charge >= 0.3 is 8.26 Å². The Balaban J connectivity index is 0.000000621. The third-order valence-corrected chi connectivity index (χ3v) is 1.52. The van der Waals surface area contributed by atoms with Crippen molar-refractivity contribution in [1.29, 1.82) is 0 Å². The molecule has 0 aliphatic heterocycles. The van der Waals surface area contributed by atoms with Crippen LogP contribution in [0, 0.1) is 30.3 Å². The number of hydrogen-bond donors (Lipinski definition) is 0. The van der Waals surface area contributed by atoms with Crippen LogP contribution < -0.4 is 0 Å². The van der Waals surface area contributed by atoms with E-state index in [1.807, 2.05) is 0 Å². The van der Waals surface area contributed by atoms with Crippen LogP contribution in [0.15, 0.2) is 18.2 Å². The Morgan fingerprint density at radius 3 is 1.00 bits per heavy atom. The van der Waals surface area contributed by atoms with E-state index in [1.54, 1.807) is 0 Å². The third-order valence-electron chi connectivity index (χ3n) is 1.52. The Morgan fingerprint density at radius 2 is 0.900 bits per heavy atom. The van der Waals surface area contributed by atoms with Crippen LogP contribution in [-0.2, 0) is 8.26 Å². The minimum Gasteiger partial charge on any atom is -0.258 e. The average Bonchev–Trinajstić information content (AvgIpc) is 2.25. The molecule has 0 aliphatic carbocycles. The summed E-state index contributed by atoms with van der Waals surface area (Å²) in [7, 11) is 4.81.